The Morgan fingerprint density at radius 1 is 1.29 bits per heavy atom. The van der Waals surface area contributed by atoms with Gasteiger partial charge in [-0.1, -0.05) is 12.1 Å². The summed E-state index contributed by atoms with van der Waals surface area (Å²) in [6.45, 7) is 0.510. The molecule has 0 saturated heterocycles. The highest BCUT2D eigenvalue weighted by molar-refractivity contribution is 5.50. The minimum atomic E-state index is -3.61. The van der Waals surface area contributed by atoms with E-state index in [0.717, 1.165) is 6.42 Å². The van der Waals surface area contributed by atoms with Crippen LogP contribution in [0.25, 0.3) is 0 Å². The molecule has 2 rings (SSSR count). The third-order valence-corrected chi connectivity index (χ3v) is 2.58. The van der Waals surface area contributed by atoms with Gasteiger partial charge in [0.25, 0.3) is 0 Å². The Morgan fingerprint density at radius 3 is 2.76 bits per heavy atom. The Kier molecular flexibility index (Phi) is 3.17. The summed E-state index contributed by atoms with van der Waals surface area (Å²) in [5.41, 5.74) is 11.8. The van der Waals surface area contributed by atoms with Crippen LogP contribution in [0.1, 0.15) is 24.4 Å². The van der Waals surface area contributed by atoms with Crippen molar-refractivity contribution in [3.05, 3.63) is 23.8 Å². The molecule has 1 aromatic rings. The second kappa shape index (κ2) is 4.46. The Hall–Kier alpha value is -1.40. The third-order valence-electron chi connectivity index (χ3n) is 2.58. The SMILES string of the molecule is NCCC[C@@H](N)c1cccc2c1OC(F)(F)O2. The molecule has 1 aliphatic rings. The number of halogens is 2. The normalized spacial score (nSPS) is 18.1. The monoisotopic (exact) mass is 244 g/mol. The number of rotatable bonds is 4. The van der Waals surface area contributed by atoms with Crippen LogP contribution in [0.5, 0.6) is 11.5 Å². The third kappa shape index (κ3) is 2.48. The summed E-state index contributed by atoms with van der Waals surface area (Å²) >= 11 is 0. The molecule has 1 heterocycles. The number of hydrogen-bond acceptors (Lipinski definition) is 4. The maximum absolute atomic E-state index is 12.9. The number of para-hydroxylation sites is 1. The molecule has 0 fully saturated rings. The van der Waals surface area contributed by atoms with Crippen LogP contribution in [0.3, 0.4) is 0 Å². The fourth-order valence-corrected chi connectivity index (χ4v) is 1.78. The molecular formula is C11H14F2N2O2. The first-order valence-corrected chi connectivity index (χ1v) is 5.38. The van der Waals surface area contributed by atoms with Gasteiger partial charge in [0.05, 0.1) is 0 Å². The minimum Gasteiger partial charge on any atom is -0.395 e. The Bertz CT molecular complexity index is 412. The minimum absolute atomic E-state index is 0.0238. The van der Waals surface area contributed by atoms with Gasteiger partial charge in [0.15, 0.2) is 11.5 Å². The highest BCUT2D eigenvalue weighted by Crippen LogP contribution is 2.45. The average molecular weight is 244 g/mol. The summed E-state index contributed by atoms with van der Waals surface area (Å²) in [6.07, 6.45) is -2.27. The molecule has 0 spiro atoms. The second-order valence-corrected chi connectivity index (χ2v) is 3.88. The number of benzene rings is 1. The molecule has 17 heavy (non-hydrogen) atoms. The largest absolute Gasteiger partial charge is 0.586 e. The summed E-state index contributed by atoms with van der Waals surface area (Å²) in [5.74, 6) is 0.0534. The van der Waals surface area contributed by atoms with Gasteiger partial charge in [-0.3, -0.25) is 0 Å². The molecule has 0 amide bonds. The van der Waals surface area contributed by atoms with E-state index < -0.39 is 6.29 Å². The summed E-state index contributed by atoms with van der Waals surface area (Å²) < 4.78 is 34.7. The lowest BCUT2D eigenvalue weighted by atomic mass is 10.0. The van der Waals surface area contributed by atoms with E-state index in [1.54, 1.807) is 12.1 Å². The van der Waals surface area contributed by atoms with Gasteiger partial charge in [-0.05, 0) is 25.5 Å². The van der Waals surface area contributed by atoms with Crippen molar-refractivity contribution in [2.24, 2.45) is 11.5 Å². The van der Waals surface area contributed by atoms with Crippen LogP contribution in [0.2, 0.25) is 0 Å². The molecule has 0 aromatic heterocycles. The van der Waals surface area contributed by atoms with Crippen molar-refractivity contribution in [3.8, 4) is 11.5 Å². The summed E-state index contributed by atoms with van der Waals surface area (Å²) in [7, 11) is 0. The highest BCUT2D eigenvalue weighted by Gasteiger charge is 2.44. The smallest absolute Gasteiger partial charge is 0.395 e. The molecule has 94 valence electrons. The van der Waals surface area contributed by atoms with Crippen molar-refractivity contribution in [1.82, 2.24) is 0 Å². The van der Waals surface area contributed by atoms with E-state index in [1.807, 2.05) is 0 Å². The Morgan fingerprint density at radius 2 is 2.06 bits per heavy atom. The van der Waals surface area contributed by atoms with Gasteiger partial charge in [-0.2, -0.15) is 0 Å². The van der Waals surface area contributed by atoms with Crippen LogP contribution >= 0.6 is 0 Å². The molecule has 4 nitrogen and oxygen atoms in total. The molecule has 1 aliphatic heterocycles. The first-order valence-electron chi connectivity index (χ1n) is 5.38. The van der Waals surface area contributed by atoms with E-state index in [4.69, 9.17) is 11.5 Å². The van der Waals surface area contributed by atoms with Gasteiger partial charge in [0.2, 0.25) is 0 Å². The molecule has 0 saturated carbocycles. The van der Waals surface area contributed by atoms with Crippen molar-refractivity contribution in [2.45, 2.75) is 25.2 Å². The second-order valence-electron chi connectivity index (χ2n) is 3.88. The van der Waals surface area contributed by atoms with E-state index in [9.17, 15) is 8.78 Å². The summed E-state index contributed by atoms with van der Waals surface area (Å²) in [4.78, 5) is 0. The van der Waals surface area contributed by atoms with Gasteiger partial charge in [0.1, 0.15) is 0 Å². The maximum atomic E-state index is 12.9. The highest BCUT2D eigenvalue weighted by atomic mass is 19.3. The van der Waals surface area contributed by atoms with Gasteiger partial charge in [-0.15, -0.1) is 8.78 Å². The molecule has 4 N–H and O–H groups in total. The topological polar surface area (TPSA) is 70.5 Å². The Balaban J connectivity index is 2.23. The molecular weight excluding hydrogens is 230 g/mol. The molecule has 0 aliphatic carbocycles. The number of alkyl halides is 2. The number of hydrogen-bond donors (Lipinski definition) is 2. The fourth-order valence-electron chi connectivity index (χ4n) is 1.78. The molecule has 1 aromatic carbocycles. The average Bonchev–Trinajstić information content (AvgIpc) is 2.59. The number of fused-ring (bicyclic) bond motifs is 1. The number of ether oxygens (including phenoxy) is 2. The Labute approximate surface area is 97.5 Å². The lowest BCUT2D eigenvalue weighted by molar-refractivity contribution is -0.287. The van der Waals surface area contributed by atoms with E-state index >= 15 is 0 Å². The van der Waals surface area contributed by atoms with Crippen LogP contribution in [-0.2, 0) is 0 Å². The lowest BCUT2D eigenvalue weighted by Gasteiger charge is -2.13. The van der Waals surface area contributed by atoms with E-state index in [1.165, 1.54) is 6.07 Å². The molecule has 0 unspecified atom stereocenters. The predicted octanol–water partition coefficient (Wildman–Crippen LogP) is 1.75. The van der Waals surface area contributed by atoms with Gasteiger partial charge in [-0.25, -0.2) is 0 Å². The first-order chi connectivity index (χ1) is 8.03. The summed E-state index contributed by atoms with van der Waals surface area (Å²) in [6, 6.07) is 4.31. The quantitative estimate of drug-likeness (QED) is 0.846. The lowest BCUT2D eigenvalue weighted by Crippen LogP contribution is -2.26. The van der Waals surface area contributed by atoms with Crippen LogP contribution in [0, 0.1) is 0 Å². The van der Waals surface area contributed by atoms with Crippen LogP contribution in [0.4, 0.5) is 8.78 Å². The summed E-state index contributed by atoms with van der Waals surface area (Å²) in [5, 5.41) is 0. The zero-order valence-electron chi connectivity index (χ0n) is 9.16. The van der Waals surface area contributed by atoms with Crippen molar-refractivity contribution in [3.63, 3.8) is 0 Å². The first kappa shape index (κ1) is 12.1. The number of nitrogens with two attached hydrogens (primary N) is 2. The molecule has 1 atom stereocenters. The van der Waals surface area contributed by atoms with Crippen LogP contribution < -0.4 is 20.9 Å². The van der Waals surface area contributed by atoms with Crippen LogP contribution in [-0.4, -0.2) is 12.8 Å². The van der Waals surface area contributed by atoms with E-state index in [0.29, 0.717) is 18.5 Å². The van der Waals surface area contributed by atoms with Gasteiger partial charge < -0.3 is 20.9 Å². The van der Waals surface area contributed by atoms with Crippen molar-refractivity contribution < 1.29 is 18.3 Å². The zero-order valence-corrected chi connectivity index (χ0v) is 9.16. The fraction of sp³-hybridized carbons (Fsp3) is 0.455. The van der Waals surface area contributed by atoms with Gasteiger partial charge in [0, 0.05) is 11.6 Å². The van der Waals surface area contributed by atoms with Crippen LogP contribution in [0.15, 0.2) is 18.2 Å². The van der Waals surface area contributed by atoms with Crippen molar-refractivity contribution in [1.29, 1.82) is 0 Å². The van der Waals surface area contributed by atoms with Crippen molar-refractivity contribution in [2.75, 3.05) is 6.54 Å². The predicted molar refractivity (Wildman–Crippen MR) is 57.9 cm³/mol. The molecule has 0 bridgehead atoms. The molecule has 6 heteroatoms. The van der Waals surface area contributed by atoms with E-state index in [2.05, 4.69) is 9.47 Å². The molecule has 0 radical (unpaired) electrons. The van der Waals surface area contributed by atoms with Crippen molar-refractivity contribution >= 4 is 0 Å². The van der Waals surface area contributed by atoms with Gasteiger partial charge >= 0.3 is 6.29 Å². The standard InChI is InChI=1S/C11H14F2N2O2/c12-11(13)16-9-5-1-3-7(10(9)17-11)8(15)4-2-6-14/h1,3,5,8H,2,4,6,14-15H2/t8-/m1/s1. The zero-order chi connectivity index (χ0) is 12.5. The maximum Gasteiger partial charge on any atom is 0.586 e. The van der Waals surface area contributed by atoms with E-state index in [-0.39, 0.29) is 17.5 Å².